The van der Waals surface area contributed by atoms with Crippen molar-refractivity contribution in [3.63, 3.8) is 0 Å². The van der Waals surface area contributed by atoms with Crippen molar-refractivity contribution in [2.45, 2.75) is 44.9 Å². The molecule has 0 spiro atoms. The van der Waals surface area contributed by atoms with Crippen molar-refractivity contribution < 1.29 is 13.9 Å². The minimum atomic E-state index is -1.45. The van der Waals surface area contributed by atoms with Gasteiger partial charge in [-0.3, -0.25) is 0 Å². The Morgan fingerprint density at radius 1 is 1.56 bits per heavy atom. The highest BCUT2D eigenvalue weighted by molar-refractivity contribution is 5.68. The Hall–Kier alpha value is -0.840. The van der Waals surface area contributed by atoms with Crippen LogP contribution in [0.25, 0.3) is 0 Å². The molecule has 0 aromatic heterocycles. The summed E-state index contributed by atoms with van der Waals surface area (Å²) in [7, 11) is 0. The van der Waals surface area contributed by atoms with Gasteiger partial charge in [-0.15, -0.1) is 0 Å². The number of carbonyl (C=O) groups excluding carboxylic acids is 1. The largest absolute Gasteiger partial charge is 0.444 e. The van der Waals surface area contributed by atoms with E-state index < -0.39 is 17.4 Å². The minimum absolute atomic E-state index is 0.0401. The minimum Gasteiger partial charge on any atom is -0.444 e. The van der Waals surface area contributed by atoms with Gasteiger partial charge in [0.2, 0.25) is 0 Å². The van der Waals surface area contributed by atoms with E-state index in [0.717, 1.165) is 0 Å². The number of carbonyl (C=O) groups is 1. The second-order valence-corrected chi connectivity index (χ2v) is 5.36. The molecule has 1 rings (SSSR count). The zero-order valence-electron chi connectivity index (χ0n) is 10.3. The van der Waals surface area contributed by atoms with Crippen LogP contribution in [-0.2, 0) is 4.74 Å². The molecular weight excluding hydrogens is 211 g/mol. The second kappa shape index (κ2) is 4.57. The lowest BCUT2D eigenvalue weighted by Gasteiger charge is -2.37. The van der Waals surface area contributed by atoms with E-state index in [1.54, 1.807) is 20.8 Å². The molecule has 1 amide bonds. The van der Waals surface area contributed by atoms with Gasteiger partial charge >= 0.3 is 6.09 Å². The monoisotopic (exact) mass is 232 g/mol. The maximum Gasteiger partial charge on any atom is 0.410 e. The number of halogens is 1. The fourth-order valence-electron chi connectivity index (χ4n) is 1.74. The number of hydrogen-bond acceptors (Lipinski definition) is 3. The summed E-state index contributed by atoms with van der Waals surface area (Å²) < 4.78 is 19.2. The normalized spacial score (nSPS) is 26.7. The third kappa shape index (κ3) is 3.63. The summed E-state index contributed by atoms with van der Waals surface area (Å²) in [6, 6.07) is 0. The Kier molecular flexibility index (Phi) is 3.78. The van der Waals surface area contributed by atoms with Gasteiger partial charge in [-0.1, -0.05) is 0 Å². The third-order valence-corrected chi connectivity index (χ3v) is 2.54. The summed E-state index contributed by atoms with van der Waals surface area (Å²) in [5.74, 6) is 0. The Labute approximate surface area is 95.9 Å². The molecule has 0 aliphatic carbocycles. The molecule has 0 bridgehead atoms. The van der Waals surface area contributed by atoms with E-state index in [1.165, 1.54) is 4.90 Å². The van der Waals surface area contributed by atoms with Crippen LogP contribution in [0, 0.1) is 0 Å². The van der Waals surface area contributed by atoms with Crippen molar-refractivity contribution in [2.75, 3.05) is 19.6 Å². The molecule has 1 aliphatic heterocycles. The van der Waals surface area contributed by atoms with E-state index >= 15 is 0 Å². The average Bonchev–Trinajstić information content (AvgIpc) is 2.15. The van der Waals surface area contributed by atoms with Crippen LogP contribution in [0.1, 0.15) is 33.6 Å². The van der Waals surface area contributed by atoms with Crippen LogP contribution in [0.15, 0.2) is 0 Å². The van der Waals surface area contributed by atoms with Gasteiger partial charge in [0.25, 0.3) is 0 Å². The molecule has 5 heteroatoms. The number of nitrogens with two attached hydrogens (primary N) is 1. The fourth-order valence-corrected chi connectivity index (χ4v) is 1.74. The number of piperidine rings is 1. The van der Waals surface area contributed by atoms with E-state index in [4.69, 9.17) is 10.5 Å². The number of likely N-dealkylation sites (tertiary alicyclic amines) is 1. The summed E-state index contributed by atoms with van der Waals surface area (Å²) in [5, 5.41) is 0. The van der Waals surface area contributed by atoms with Gasteiger partial charge in [-0.25, -0.2) is 9.18 Å². The van der Waals surface area contributed by atoms with Gasteiger partial charge in [-0.2, -0.15) is 0 Å². The summed E-state index contributed by atoms with van der Waals surface area (Å²) in [6.07, 6.45) is 0.595. The highest BCUT2D eigenvalue weighted by Gasteiger charge is 2.37. The van der Waals surface area contributed by atoms with E-state index in [9.17, 15) is 9.18 Å². The van der Waals surface area contributed by atoms with E-state index in [2.05, 4.69) is 0 Å². The molecule has 16 heavy (non-hydrogen) atoms. The number of alkyl halides is 1. The lowest BCUT2D eigenvalue weighted by molar-refractivity contribution is -0.00301. The predicted octanol–water partition coefficient (Wildman–Crippen LogP) is 1.68. The second-order valence-electron chi connectivity index (χ2n) is 5.36. The smallest absolute Gasteiger partial charge is 0.410 e. The molecule has 0 aromatic rings. The predicted molar refractivity (Wildman–Crippen MR) is 59.9 cm³/mol. The first-order chi connectivity index (χ1) is 7.26. The molecule has 4 nitrogen and oxygen atoms in total. The van der Waals surface area contributed by atoms with E-state index in [0.29, 0.717) is 19.4 Å². The van der Waals surface area contributed by atoms with Crippen molar-refractivity contribution in [1.29, 1.82) is 0 Å². The van der Waals surface area contributed by atoms with Gasteiger partial charge in [0.1, 0.15) is 11.3 Å². The zero-order valence-corrected chi connectivity index (χ0v) is 10.3. The highest BCUT2D eigenvalue weighted by Crippen LogP contribution is 2.25. The molecular formula is C11H21FN2O2. The summed E-state index contributed by atoms with van der Waals surface area (Å²) >= 11 is 0. The number of hydrogen-bond donors (Lipinski definition) is 1. The number of rotatable bonds is 1. The van der Waals surface area contributed by atoms with Crippen molar-refractivity contribution in [3.8, 4) is 0 Å². The van der Waals surface area contributed by atoms with Crippen LogP contribution in [0.4, 0.5) is 9.18 Å². The van der Waals surface area contributed by atoms with Gasteiger partial charge < -0.3 is 15.4 Å². The Bertz CT molecular complexity index is 265. The fraction of sp³-hybridized carbons (Fsp3) is 0.909. The molecule has 1 aliphatic rings. The summed E-state index contributed by atoms with van der Waals surface area (Å²) in [4.78, 5) is 13.1. The molecule has 0 aromatic carbocycles. The van der Waals surface area contributed by atoms with Crippen molar-refractivity contribution >= 4 is 6.09 Å². The van der Waals surface area contributed by atoms with Crippen molar-refractivity contribution in [3.05, 3.63) is 0 Å². The Morgan fingerprint density at radius 2 is 2.19 bits per heavy atom. The van der Waals surface area contributed by atoms with Crippen LogP contribution in [-0.4, -0.2) is 41.9 Å². The third-order valence-electron chi connectivity index (χ3n) is 2.54. The zero-order chi connectivity index (χ0) is 12.4. The molecule has 1 saturated heterocycles. The van der Waals surface area contributed by atoms with Gasteiger partial charge in [0.15, 0.2) is 0 Å². The van der Waals surface area contributed by atoms with Crippen LogP contribution in [0.2, 0.25) is 0 Å². The van der Waals surface area contributed by atoms with Crippen LogP contribution < -0.4 is 5.73 Å². The van der Waals surface area contributed by atoms with Crippen molar-refractivity contribution in [1.82, 2.24) is 4.90 Å². The first-order valence-corrected chi connectivity index (χ1v) is 5.63. The molecule has 1 heterocycles. The molecule has 0 saturated carbocycles. The van der Waals surface area contributed by atoms with Crippen LogP contribution in [0.3, 0.4) is 0 Å². The molecule has 94 valence electrons. The van der Waals surface area contributed by atoms with Crippen LogP contribution >= 0.6 is 0 Å². The number of nitrogens with zero attached hydrogens (tertiary/aromatic N) is 1. The average molecular weight is 232 g/mol. The lowest BCUT2D eigenvalue weighted by Crippen LogP contribution is -2.52. The first kappa shape index (κ1) is 13.2. The quantitative estimate of drug-likeness (QED) is 0.748. The number of amides is 1. The lowest BCUT2D eigenvalue weighted by atomic mass is 9.95. The van der Waals surface area contributed by atoms with Gasteiger partial charge in [-0.05, 0) is 33.6 Å². The number of ether oxygens (including phenoxy) is 1. The molecule has 1 fully saturated rings. The topological polar surface area (TPSA) is 55.6 Å². The molecule has 0 unspecified atom stereocenters. The Morgan fingerprint density at radius 3 is 2.69 bits per heavy atom. The van der Waals surface area contributed by atoms with Gasteiger partial charge in [0, 0.05) is 13.1 Å². The highest BCUT2D eigenvalue weighted by atomic mass is 19.1. The molecule has 0 radical (unpaired) electrons. The molecule has 2 N–H and O–H groups in total. The van der Waals surface area contributed by atoms with Gasteiger partial charge in [0.05, 0.1) is 6.54 Å². The molecule has 1 atom stereocenters. The summed E-state index contributed by atoms with van der Waals surface area (Å²) in [5.41, 5.74) is 3.38. The van der Waals surface area contributed by atoms with E-state index in [-0.39, 0.29) is 13.1 Å². The maximum absolute atomic E-state index is 14.0. The van der Waals surface area contributed by atoms with Crippen molar-refractivity contribution in [2.24, 2.45) is 5.73 Å². The Balaban J connectivity index is 2.57. The maximum atomic E-state index is 14.0. The first-order valence-electron chi connectivity index (χ1n) is 5.63. The SMILES string of the molecule is CC(C)(C)OC(=O)N1CCC[C@](F)(CN)C1. The summed E-state index contributed by atoms with van der Waals surface area (Å²) in [6.45, 7) is 5.91. The van der Waals surface area contributed by atoms with Crippen LogP contribution in [0.5, 0.6) is 0 Å². The van der Waals surface area contributed by atoms with E-state index in [1.807, 2.05) is 0 Å². The standard InChI is InChI=1S/C11H21FN2O2/c1-10(2,3)16-9(15)14-6-4-5-11(12,7-13)8-14/h4-8,13H2,1-3H3/t11-/m0/s1.